The van der Waals surface area contributed by atoms with Crippen molar-refractivity contribution in [3.63, 3.8) is 0 Å². The van der Waals surface area contributed by atoms with Crippen molar-refractivity contribution < 1.29 is 28.6 Å². The second-order valence-electron chi connectivity index (χ2n) is 17.1. The molecule has 0 aromatic heterocycles. The van der Waals surface area contributed by atoms with Gasteiger partial charge in [-0.1, -0.05) is 189 Å². The highest BCUT2D eigenvalue weighted by molar-refractivity contribution is 5.71. The topological polar surface area (TPSA) is 78.9 Å². The van der Waals surface area contributed by atoms with Crippen molar-refractivity contribution in [2.45, 2.75) is 245 Å². The minimum absolute atomic E-state index is 0.0982. The van der Waals surface area contributed by atoms with Crippen LogP contribution in [0.3, 0.4) is 0 Å². The zero-order valence-corrected chi connectivity index (χ0v) is 41.1. The molecule has 0 bridgehead atoms. The number of carbonyl (C=O) groups excluding carboxylic acids is 3. The molecule has 0 N–H and O–H groups in total. The third kappa shape index (κ3) is 49.5. The van der Waals surface area contributed by atoms with E-state index in [0.29, 0.717) is 19.3 Å². The van der Waals surface area contributed by atoms with E-state index in [9.17, 15) is 14.4 Å². The van der Waals surface area contributed by atoms with E-state index in [4.69, 9.17) is 14.2 Å². The third-order valence-electron chi connectivity index (χ3n) is 10.8. The fourth-order valence-corrected chi connectivity index (χ4v) is 6.85. The van der Waals surface area contributed by atoms with E-state index < -0.39 is 6.10 Å². The lowest BCUT2D eigenvalue weighted by Crippen LogP contribution is -2.30. The molecule has 63 heavy (non-hydrogen) atoms. The Bertz CT molecular complexity index is 1240. The first kappa shape index (κ1) is 59.6. The predicted octanol–water partition coefficient (Wildman–Crippen LogP) is 17.2. The van der Waals surface area contributed by atoms with Crippen molar-refractivity contribution in [2.24, 2.45) is 0 Å². The first-order valence-corrected chi connectivity index (χ1v) is 26.1. The van der Waals surface area contributed by atoms with E-state index in [1.54, 1.807) is 0 Å². The summed E-state index contributed by atoms with van der Waals surface area (Å²) in [6.07, 6.45) is 65.6. The molecule has 0 aliphatic heterocycles. The summed E-state index contributed by atoms with van der Waals surface area (Å²) in [5.74, 6) is -0.954. The lowest BCUT2D eigenvalue weighted by atomic mass is 10.1. The molecule has 0 heterocycles. The number of hydrogen-bond acceptors (Lipinski definition) is 6. The van der Waals surface area contributed by atoms with Gasteiger partial charge in [-0.3, -0.25) is 14.4 Å². The van der Waals surface area contributed by atoms with Crippen LogP contribution in [0.4, 0.5) is 0 Å². The van der Waals surface area contributed by atoms with Gasteiger partial charge in [0.1, 0.15) is 13.2 Å². The van der Waals surface area contributed by atoms with Crippen LogP contribution >= 0.6 is 0 Å². The van der Waals surface area contributed by atoms with Gasteiger partial charge in [0, 0.05) is 19.3 Å². The third-order valence-corrected chi connectivity index (χ3v) is 10.8. The molecule has 0 rings (SSSR count). The first-order valence-electron chi connectivity index (χ1n) is 26.1. The van der Waals surface area contributed by atoms with Crippen LogP contribution in [0, 0.1) is 0 Å². The molecule has 0 radical (unpaired) electrons. The normalized spacial score (nSPS) is 12.7. The highest BCUT2D eigenvalue weighted by Gasteiger charge is 2.19. The molecule has 360 valence electrons. The van der Waals surface area contributed by atoms with E-state index in [0.717, 1.165) is 122 Å². The SMILES string of the molecule is CCCC/C=C\CCCCCCCC(=O)O[C@H](COC(=O)CCCCC/C=C\C/C=C\C/C=C\C/C=C\CCCCC)COC(=O)CCCCCCC/C=C\C/C=C\CCCCC. The van der Waals surface area contributed by atoms with Gasteiger partial charge in [-0.15, -0.1) is 0 Å². The Morgan fingerprint density at radius 1 is 0.317 bits per heavy atom. The number of rotatable bonds is 46. The maximum absolute atomic E-state index is 12.8. The lowest BCUT2D eigenvalue weighted by Gasteiger charge is -2.18. The number of ether oxygens (including phenoxy) is 3. The van der Waals surface area contributed by atoms with Crippen molar-refractivity contribution in [1.29, 1.82) is 0 Å². The van der Waals surface area contributed by atoms with E-state index in [-0.39, 0.29) is 31.1 Å². The van der Waals surface area contributed by atoms with Gasteiger partial charge < -0.3 is 14.2 Å². The smallest absolute Gasteiger partial charge is 0.306 e. The Hall–Kier alpha value is -3.41. The Kier molecular flexibility index (Phi) is 48.5. The fourth-order valence-electron chi connectivity index (χ4n) is 6.85. The molecule has 0 aliphatic rings. The lowest BCUT2D eigenvalue weighted by molar-refractivity contribution is -0.167. The summed E-state index contributed by atoms with van der Waals surface area (Å²) in [5.41, 5.74) is 0. The van der Waals surface area contributed by atoms with Gasteiger partial charge in [-0.05, 0) is 116 Å². The van der Waals surface area contributed by atoms with E-state index in [1.165, 1.54) is 77.0 Å². The Labute approximate surface area is 388 Å². The summed E-state index contributed by atoms with van der Waals surface area (Å²) in [6, 6.07) is 0. The van der Waals surface area contributed by atoms with Gasteiger partial charge in [-0.25, -0.2) is 0 Å². The van der Waals surface area contributed by atoms with E-state index in [2.05, 4.69) is 106 Å². The van der Waals surface area contributed by atoms with E-state index >= 15 is 0 Å². The van der Waals surface area contributed by atoms with Gasteiger partial charge in [0.25, 0.3) is 0 Å². The van der Waals surface area contributed by atoms with Crippen molar-refractivity contribution in [3.8, 4) is 0 Å². The van der Waals surface area contributed by atoms with Crippen LogP contribution in [0.25, 0.3) is 0 Å². The molecule has 0 aromatic carbocycles. The van der Waals surface area contributed by atoms with Crippen LogP contribution < -0.4 is 0 Å². The van der Waals surface area contributed by atoms with Gasteiger partial charge in [0.2, 0.25) is 0 Å². The van der Waals surface area contributed by atoms with Gasteiger partial charge in [0.15, 0.2) is 6.10 Å². The number of unbranched alkanes of at least 4 members (excludes halogenated alkanes) is 21. The molecule has 0 aliphatic carbocycles. The molecule has 0 saturated heterocycles. The molecule has 0 aromatic rings. The van der Waals surface area contributed by atoms with Gasteiger partial charge in [-0.2, -0.15) is 0 Å². The summed E-state index contributed by atoms with van der Waals surface area (Å²) in [4.78, 5) is 37.9. The second kappa shape index (κ2) is 51.2. The maximum atomic E-state index is 12.8. The van der Waals surface area contributed by atoms with Crippen LogP contribution in [0.15, 0.2) is 85.1 Å². The van der Waals surface area contributed by atoms with Crippen molar-refractivity contribution in [2.75, 3.05) is 13.2 Å². The fraction of sp³-hybridized carbons (Fsp3) is 0.702. The zero-order valence-electron chi connectivity index (χ0n) is 41.1. The molecule has 0 saturated carbocycles. The average Bonchev–Trinajstić information content (AvgIpc) is 3.28. The van der Waals surface area contributed by atoms with Gasteiger partial charge in [0.05, 0.1) is 0 Å². The highest BCUT2D eigenvalue weighted by Crippen LogP contribution is 2.13. The number of hydrogen-bond donors (Lipinski definition) is 0. The predicted molar refractivity (Wildman–Crippen MR) is 270 cm³/mol. The van der Waals surface area contributed by atoms with Gasteiger partial charge >= 0.3 is 17.9 Å². The van der Waals surface area contributed by atoms with Crippen molar-refractivity contribution in [3.05, 3.63) is 85.1 Å². The molecule has 0 unspecified atom stereocenters. The molecular weight excluding hydrogens is 781 g/mol. The number of allylic oxidation sites excluding steroid dienone is 14. The van der Waals surface area contributed by atoms with Crippen LogP contribution in [-0.4, -0.2) is 37.2 Å². The van der Waals surface area contributed by atoms with Crippen molar-refractivity contribution >= 4 is 17.9 Å². The quantitative estimate of drug-likeness (QED) is 0.0262. The molecule has 6 nitrogen and oxygen atoms in total. The first-order chi connectivity index (χ1) is 31.0. The summed E-state index contributed by atoms with van der Waals surface area (Å²) in [5, 5.41) is 0. The molecule has 0 amide bonds. The molecule has 1 atom stereocenters. The largest absolute Gasteiger partial charge is 0.462 e. The van der Waals surface area contributed by atoms with Crippen LogP contribution in [0.2, 0.25) is 0 Å². The monoisotopic (exact) mass is 877 g/mol. The summed E-state index contributed by atoms with van der Waals surface area (Å²) in [7, 11) is 0. The van der Waals surface area contributed by atoms with Crippen LogP contribution in [0.5, 0.6) is 0 Å². The van der Waals surface area contributed by atoms with Crippen LogP contribution in [0.1, 0.15) is 239 Å². The molecular formula is C57H96O6. The molecule has 6 heteroatoms. The maximum Gasteiger partial charge on any atom is 0.306 e. The summed E-state index contributed by atoms with van der Waals surface area (Å²) in [6.45, 7) is 6.49. The summed E-state index contributed by atoms with van der Waals surface area (Å²) < 4.78 is 16.7. The van der Waals surface area contributed by atoms with E-state index in [1.807, 2.05) is 0 Å². The number of carbonyl (C=O) groups is 3. The zero-order chi connectivity index (χ0) is 45.8. The molecule has 0 fully saturated rings. The van der Waals surface area contributed by atoms with Crippen molar-refractivity contribution in [1.82, 2.24) is 0 Å². The minimum Gasteiger partial charge on any atom is -0.462 e. The highest BCUT2D eigenvalue weighted by atomic mass is 16.6. The van der Waals surface area contributed by atoms with Crippen LogP contribution in [-0.2, 0) is 28.6 Å². The summed E-state index contributed by atoms with van der Waals surface area (Å²) >= 11 is 0. The average molecular weight is 877 g/mol. The Morgan fingerprint density at radius 3 is 0.968 bits per heavy atom. The standard InChI is InChI=1S/C57H96O6/c1-4-7-10-13-16-19-22-24-26-27-28-29-31-33-36-38-41-44-47-50-56(59)62-53-54(63-57(60)51-48-45-42-39-34-21-18-15-12-9-6-3)52-61-55(58)49-46-43-40-37-35-32-30-25-23-20-17-14-11-8-5-2/h15-20,24-26,28-30,33,36,54H,4-14,21-23,27,31-32,34-35,37-53H2,1-3H3/b18-15-,19-16-,20-17-,26-24-,29-28-,30-25-,36-33-/t54-/m0/s1. The molecule has 0 spiro atoms. The Balaban J connectivity index is 4.44. The number of esters is 3. The Morgan fingerprint density at radius 2 is 0.587 bits per heavy atom. The minimum atomic E-state index is -0.799. The second-order valence-corrected chi connectivity index (χ2v) is 17.1.